The van der Waals surface area contributed by atoms with Gasteiger partial charge in [-0.2, -0.15) is 4.68 Å². The Morgan fingerprint density at radius 1 is 1.19 bits per heavy atom. The topological polar surface area (TPSA) is 123 Å². The fourth-order valence-corrected chi connectivity index (χ4v) is 3.52. The molecule has 0 amide bonds. The van der Waals surface area contributed by atoms with E-state index in [1.54, 1.807) is 9.25 Å². The highest BCUT2D eigenvalue weighted by atomic mass is 16.6. The summed E-state index contributed by atoms with van der Waals surface area (Å²) in [6.07, 6.45) is 1.37. The van der Waals surface area contributed by atoms with Gasteiger partial charge in [0.1, 0.15) is 18.6 Å². The molecule has 0 bridgehead atoms. The van der Waals surface area contributed by atoms with Crippen LogP contribution in [0, 0.1) is 17.0 Å². The first-order valence-corrected chi connectivity index (χ1v) is 9.89. The molecule has 2 aromatic heterocycles. The molecule has 0 N–H and O–H groups in total. The van der Waals surface area contributed by atoms with Crippen molar-refractivity contribution in [3.63, 3.8) is 0 Å². The number of tetrazole rings is 1. The van der Waals surface area contributed by atoms with Crippen LogP contribution in [0.4, 0.5) is 5.82 Å². The number of aryl methyl sites for hydroxylation is 1. The van der Waals surface area contributed by atoms with Crippen molar-refractivity contribution in [3.8, 4) is 28.8 Å². The lowest BCUT2D eigenvalue weighted by Gasteiger charge is -2.22. The third-order valence-electron chi connectivity index (χ3n) is 5.16. The molecule has 11 nitrogen and oxygen atoms in total. The fourth-order valence-electron chi connectivity index (χ4n) is 3.52. The van der Waals surface area contributed by atoms with Gasteiger partial charge in [0.15, 0.2) is 11.4 Å². The Kier molecular flexibility index (Phi) is 4.58. The van der Waals surface area contributed by atoms with E-state index in [9.17, 15) is 10.1 Å². The Bertz CT molecular complexity index is 1250. The first-order chi connectivity index (χ1) is 15.4. The molecule has 3 heterocycles. The number of benzene rings is 2. The number of nitro groups is 1. The normalized spacial score (nSPS) is 17.1. The predicted molar refractivity (Wildman–Crippen MR) is 113 cm³/mol. The first kappa shape index (κ1) is 19.7. The zero-order valence-corrected chi connectivity index (χ0v) is 17.4. The van der Waals surface area contributed by atoms with Gasteiger partial charge in [-0.15, -0.1) is 5.10 Å². The van der Waals surface area contributed by atoms with Crippen molar-refractivity contribution in [3.05, 3.63) is 70.4 Å². The Labute approximate surface area is 182 Å². The zero-order valence-electron chi connectivity index (χ0n) is 17.4. The molecule has 0 unspecified atom stereocenters. The molecule has 32 heavy (non-hydrogen) atoms. The van der Waals surface area contributed by atoms with E-state index in [2.05, 4.69) is 20.5 Å². The van der Waals surface area contributed by atoms with E-state index in [0.717, 1.165) is 16.8 Å². The molecular weight excluding hydrogens is 414 g/mol. The fraction of sp³-hybridized carbons (Fsp3) is 0.238. The van der Waals surface area contributed by atoms with Gasteiger partial charge in [-0.1, -0.05) is 29.8 Å². The second-order valence-corrected chi connectivity index (χ2v) is 7.88. The van der Waals surface area contributed by atoms with Crippen LogP contribution in [0.25, 0.3) is 17.1 Å². The predicted octanol–water partition coefficient (Wildman–Crippen LogP) is 2.97. The van der Waals surface area contributed by atoms with Crippen LogP contribution in [0.1, 0.15) is 12.5 Å². The number of nitrogens with zero attached hydrogens (tertiary/aromatic N) is 7. The van der Waals surface area contributed by atoms with Crippen LogP contribution in [0.5, 0.6) is 11.8 Å². The van der Waals surface area contributed by atoms with Crippen LogP contribution in [-0.2, 0) is 6.54 Å². The smallest absolute Gasteiger partial charge is 0.415 e. The van der Waals surface area contributed by atoms with Crippen LogP contribution < -0.4 is 9.47 Å². The average Bonchev–Trinajstić information content (AvgIpc) is 3.47. The van der Waals surface area contributed by atoms with Gasteiger partial charge in [0, 0.05) is 10.5 Å². The number of ether oxygens (including phenoxy) is 2. The molecular formula is C21H19N7O4. The molecule has 1 atom stereocenters. The van der Waals surface area contributed by atoms with Crippen LogP contribution in [0.15, 0.2) is 54.7 Å². The van der Waals surface area contributed by atoms with E-state index in [4.69, 9.17) is 9.47 Å². The Morgan fingerprint density at radius 3 is 2.62 bits per heavy atom. The van der Waals surface area contributed by atoms with Crippen LogP contribution in [-0.4, -0.2) is 46.9 Å². The van der Waals surface area contributed by atoms with Gasteiger partial charge in [0.2, 0.25) is 0 Å². The van der Waals surface area contributed by atoms with Crippen molar-refractivity contribution in [2.45, 2.75) is 26.0 Å². The van der Waals surface area contributed by atoms with Crippen molar-refractivity contribution >= 4 is 5.82 Å². The van der Waals surface area contributed by atoms with Crippen molar-refractivity contribution in [1.29, 1.82) is 0 Å². The number of aromatic nitrogens is 6. The summed E-state index contributed by atoms with van der Waals surface area (Å²) in [6.45, 7) is 4.56. The molecule has 4 aromatic rings. The minimum Gasteiger partial charge on any atom is -0.489 e. The number of hydrogen-bond donors (Lipinski definition) is 0. The Hall–Kier alpha value is -4.28. The second kappa shape index (κ2) is 7.45. The highest BCUT2D eigenvalue weighted by molar-refractivity contribution is 5.57. The van der Waals surface area contributed by atoms with E-state index in [1.807, 2.05) is 62.4 Å². The van der Waals surface area contributed by atoms with Gasteiger partial charge in [-0.25, -0.2) is 0 Å². The van der Waals surface area contributed by atoms with Gasteiger partial charge in [-0.3, -0.25) is 4.57 Å². The maximum absolute atomic E-state index is 10.8. The molecule has 0 fully saturated rings. The molecule has 2 aromatic carbocycles. The van der Waals surface area contributed by atoms with E-state index in [1.165, 1.54) is 6.20 Å². The number of imidazole rings is 1. The van der Waals surface area contributed by atoms with Gasteiger partial charge in [-0.05, 0) is 53.5 Å². The third-order valence-corrected chi connectivity index (χ3v) is 5.16. The maximum atomic E-state index is 10.8. The maximum Gasteiger partial charge on any atom is 0.415 e. The van der Waals surface area contributed by atoms with Gasteiger partial charge in [0.25, 0.3) is 0 Å². The van der Waals surface area contributed by atoms with Crippen molar-refractivity contribution in [1.82, 2.24) is 29.8 Å². The zero-order chi connectivity index (χ0) is 22.3. The molecule has 0 spiro atoms. The standard InChI is InChI=1S/C21H19N7O4/c1-14-3-5-15(6-4-14)19-23-24-25-27(19)16-7-9-17(10-8-16)31-13-21(2)12-26-11-18(28(29)30)22-20(26)32-21/h3-11H,12-13H2,1-2H3/t21-/m1/s1. The molecule has 0 radical (unpaired) electrons. The summed E-state index contributed by atoms with van der Waals surface area (Å²) >= 11 is 0. The van der Waals surface area contributed by atoms with Crippen LogP contribution in [0.2, 0.25) is 0 Å². The minimum atomic E-state index is -0.676. The lowest BCUT2D eigenvalue weighted by molar-refractivity contribution is -0.389. The molecule has 11 heteroatoms. The van der Waals surface area contributed by atoms with Crippen LogP contribution >= 0.6 is 0 Å². The van der Waals surface area contributed by atoms with Crippen molar-refractivity contribution in [2.24, 2.45) is 0 Å². The van der Waals surface area contributed by atoms with E-state index in [0.29, 0.717) is 18.1 Å². The lowest BCUT2D eigenvalue weighted by Crippen LogP contribution is -2.38. The summed E-state index contributed by atoms with van der Waals surface area (Å²) in [5, 5.41) is 22.9. The Morgan fingerprint density at radius 2 is 1.94 bits per heavy atom. The summed E-state index contributed by atoms with van der Waals surface area (Å²) in [4.78, 5) is 14.2. The van der Waals surface area contributed by atoms with Gasteiger partial charge < -0.3 is 19.6 Å². The van der Waals surface area contributed by atoms with Crippen molar-refractivity contribution < 1.29 is 14.4 Å². The number of rotatable bonds is 6. The summed E-state index contributed by atoms with van der Waals surface area (Å²) < 4.78 is 15.0. The number of hydrogen-bond acceptors (Lipinski definition) is 8. The minimum absolute atomic E-state index is 0.223. The highest BCUT2D eigenvalue weighted by Gasteiger charge is 2.41. The Balaban J connectivity index is 1.26. The number of fused-ring (bicyclic) bond motifs is 1. The molecule has 1 aliphatic rings. The summed E-state index contributed by atoms with van der Waals surface area (Å²) in [7, 11) is 0. The molecule has 1 aliphatic heterocycles. The van der Waals surface area contributed by atoms with E-state index < -0.39 is 10.5 Å². The molecule has 162 valence electrons. The van der Waals surface area contributed by atoms with Crippen molar-refractivity contribution in [2.75, 3.05) is 6.61 Å². The average molecular weight is 433 g/mol. The lowest BCUT2D eigenvalue weighted by atomic mass is 10.1. The van der Waals surface area contributed by atoms with Gasteiger partial charge in [0.05, 0.1) is 12.2 Å². The van der Waals surface area contributed by atoms with E-state index in [-0.39, 0.29) is 18.4 Å². The second-order valence-electron chi connectivity index (χ2n) is 7.88. The van der Waals surface area contributed by atoms with E-state index >= 15 is 0 Å². The summed E-state index contributed by atoms with van der Waals surface area (Å²) in [5.74, 6) is 1.07. The summed E-state index contributed by atoms with van der Waals surface area (Å²) in [5.41, 5.74) is 2.21. The van der Waals surface area contributed by atoms with Crippen LogP contribution in [0.3, 0.4) is 0 Å². The third kappa shape index (κ3) is 3.64. The largest absolute Gasteiger partial charge is 0.489 e. The monoisotopic (exact) mass is 433 g/mol. The highest BCUT2D eigenvalue weighted by Crippen LogP contribution is 2.31. The van der Waals surface area contributed by atoms with Gasteiger partial charge >= 0.3 is 11.8 Å². The molecule has 0 aliphatic carbocycles. The molecule has 5 rings (SSSR count). The molecule has 0 saturated carbocycles. The SMILES string of the molecule is Cc1ccc(-c2nnnn2-c2ccc(OC[C@@]3(C)Cn4cc([N+](=O)[O-])nc4O3)cc2)cc1. The first-order valence-electron chi connectivity index (χ1n) is 9.89. The molecule has 0 saturated heterocycles. The summed E-state index contributed by atoms with van der Waals surface area (Å²) in [6, 6.07) is 15.6. The quantitative estimate of drug-likeness (QED) is 0.336.